The number of ether oxygens (including phenoxy) is 1. The van der Waals surface area contributed by atoms with E-state index in [-0.39, 0.29) is 11.7 Å². The number of carbonyl (C=O) groups is 3. The highest BCUT2D eigenvalue weighted by molar-refractivity contribution is 5.94. The fourth-order valence-electron chi connectivity index (χ4n) is 2.75. The number of aryl methyl sites for hydroxylation is 1. The number of carbonyl (C=O) groups excluding carboxylic acids is 2. The number of aliphatic carboxylic acids is 1. The highest BCUT2D eigenvalue weighted by atomic mass is 16.5. The van der Waals surface area contributed by atoms with Crippen molar-refractivity contribution in [1.82, 2.24) is 0 Å². The second-order valence-corrected chi connectivity index (χ2v) is 5.78. The van der Waals surface area contributed by atoms with Crippen LogP contribution in [0, 0.1) is 12.8 Å². The zero-order valence-electron chi connectivity index (χ0n) is 13.0. The van der Waals surface area contributed by atoms with Gasteiger partial charge in [-0.25, -0.2) is 9.59 Å². The normalized spacial score (nSPS) is 16.4. The third-order valence-corrected chi connectivity index (χ3v) is 3.99. The van der Waals surface area contributed by atoms with Gasteiger partial charge in [0.25, 0.3) is 0 Å². The Morgan fingerprint density at radius 3 is 2.30 bits per heavy atom. The van der Waals surface area contributed by atoms with Gasteiger partial charge >= 0.3 is 11.9 Å². The predicted molar refractivity (Wildman–Crippen MR) is 83.8 cm³/mol. The van der Waals surface area contributed by atoms with Gasteiger partial charge in [0.15, 0.2) is 11.9 Å². The summed E-state index contributed by atoms with van der Waals surface area (Å²) in [5.41, 5.74) is 1.66. The zero-order valence-corrected chi connectivity index (χ0v) is 13.0. The van der Waals surface area contributed by atoms with Crippen LogP contribution in [-0.4, -0.2) is 22.8 Å². The number of benzene rings is 1. The van der Waals surface area contributed by atoms with Crippen molar-refractivity contribution >= 4 is 17.7 Å². The lowest BCUT2D eigenvalue weighted by Crippen LogP contribution is -2.24. The molecule has 2 rings (SSSR count). The van der Waals surface area contributed by atoms with Crippen LogP contribution in [0.4, 0.5) is 0 Å². The van der Waals surface area contributed by atoms with Crippen LogP contribution in [0.2, 0.25) is 0 Å². The van der Waals surface area contributed by atoms with Crippen molar-refractivity contribution in [3.8, 4) is 0 Å². The summed E-state index contributed by atoms with van der Waals surface area (Å²) in [5, 5.41) is 8.56. The Morgan fingerprint density at radius 2 is 1.74 bits per heavy atom. The van der Waals surface area contributed by atoms with E-state index >= 15 is 0 Å². The van der Waals surface area contributed by atoms with Gasteiger partial charge < -0.3 is 9.84 Å². The Bertz CT molecular complexity index is 609. The molecule has 0 radical (unpaired) electrons. The van der Waals surface area contributed by atoms with Gasteiger partial charge in [-0.2, -0.15) is 0 Å². The summed E-state index contributed by atoms with van der Waals surface area (Å²) in [6.45, 7) is 1.93. The van der Waals surface area contributed by atoms with Crippen LogP contribution >= 0.6 is 0 Å². The molecule has 0 aromatic heterocycles. The SMILES string of the molecule is Cc1ccc(C(OC(=O)/C=C/C(=O)O)C(=O)C2CCCC2)cc1. The molecule has 1 unspecified atom stereocenters. The molecule has 0 bridgehead atoms. The monoisotopic (exact) mass is 316 g/mol. The first kappa shape index (κ1) is 16.9. The number of carboxylic acids is 1. The molecule has 1 aliphatic carbocycles. The summed E-state index contributed by atoms with van der Waals surface area (Å²) < 4.78 is 5.26. The number of hydrogen-bond donors (Lipinski definition) is 1. The van der Waals surface area contributed by atoms with Gasteiger partial charge in [-0.1, -0.05) is 42.7 Å². The molecule has 122 valence electrons. The first-order valence-electron chi connectivity index (χ1n) is 7.69. The van der Waals surface area contributed by atoms with E-state index < -0.39 is 18.0 Å². The number of hydrogen-bond acceptors (Lipinski definition) is 4. The van der Waals surface area contributed by atoms with E-state index in [0.717, 1.165) is 37.3 Å². The van der Waals surface area contributed by atoms with Gasteiger partial charge in [0.1, 0.15) is 0 Å². The van der Waals surface area contributed by atoms with E-state index in [1.165, 1.54) is 0 Å². The lowest BCUT2D eigenvalue weighted by molar-refractivity contribution is -0.152. The van der Waals surface area contributed by atoms with Crippen molar-refractivity contribution in [2.45, 2.75) is 38.7 Å². The maximum atomic E-state index is 12.7. The maximum Gasteiger partial charge on any atom is 0.332 e. The van der Waals surface area contributed by atoms with E-state index in [9.17, 15) is 14.4 Å². The fourth-order valence-corrected chi connectivity index (χ4v) is 2.75. The standard InChI is InChI=1S/C18H20O5/c1-12-6-8-14(9-7-12)18(17(22)13-4-2-3-5-13)23-16(21)11-10-15(19)20/h6-11,13,18H,2-5H2,1H3,(H,19,20)/b11-10+. The van der Waals surface area contributed by atoms with E-state index in [1.54, 1.807) is 12.1 Å². The Labute approximate surface area is 135 Å². The van der Waals surface area contributed by atoms with Crippen LogP contribution in [-0.2, 0) is 19.1 Å². The van der Waals surface area contributed by atoms with Crippen LogP contribution in [0.3, 0.4) is 0 Å². The van der Waals surface area contributed by atoms with Gasteiger partial charge in [0.2, 0.25) is 0 Å². The smallest absolute Gasteiger partial charge is 0.332 e. The Balaban J connectivity index is 2.20. The second kappa shape index (κ2) is 7.72. The van der Waals surface area contributed by atoms with Gasteiger partial charge in [-0.05, 0) is 19.8 Å². The predicted octanol–water partition coefficient (Wildman–Crippen LogP) is 2.98. The molecular formula is C18H20O5. The van der Waals surface area contributed by atoms with E-state index in [2.05, 4.69) is 0 Å². The average molecular weight is 316 g/mol. The van der Waals surface area contributed by atoms with Gasteiger partial charge in [-0.15, -0.1) is 0 Å². The Kier molecular flexibility index (Phi) is 5.68. The third kappa shape index (κ3) is 4.77. The molecule has 1 aromatic rings. The van der Waals surface area contributed by atoms with Gasteiger partial charge in [-0.3, -0.25) is 4.79 Å². The second-order valence-electron chi connectivity index (χ2n) is 5.78. The topological polar surface area (TPSA) is 80.7 Å². The highest BCUT2D eigenvalue weighted by Gasteiger charge is 2.32. The number of ketones is 1. The first-order chi connectivity index (χ1) is 11.0. The summed E-state index contributed by atoms with van der Waals surface area (Å²) in [6.07, 6.45) is 4.17. The molecule has 23 heavy (non-hydrogen) atoms. The molecule has 1 aromatic carbocycles. The van der Waals surface area contributed by atoms with Gasteiger partial charge in [0.05, 0.1) is 0 Å². The molecule has 5 heteroatoms. The summed E-state index contributed by atoms with van der Waals surface area (Å²) in [5.74, 6) is -2.28. The highest BCUT2D eigenvalue weighted by Crippen LogP contribution is 2.32. The molecule has 1 saturated carbocycles. The number of rotatable bonds is 6. The minimum Gasteiger partial charge on any atom is -0.478 e. The maximum absolute atomic E-state index is 12.7. The Hall–Kier alpha value is -2.43. The van der Waals surface area contributed by atoms with Gasteiger partial charge in [0, 0.05) is 23.6 Å². The van der Waals surface area contributed by atoms with Crippen molar-refractivity contribution in [2.24, 2.45) is 5.92 Å². The van der Waals surface area contributed by atoms with Crippen LogP contribution in [0.5, 0.6) is 0 Å². The molecule has 5 nitrogen and oxygen atoms in total. The van der Waals surface area contributed by atoms with Crippen LogP contribution in [0.15, 0.2) is 36.4 Å². The summed E-state index contributed by atoms with van der Waals surface area (Å²) in [7, 11) is 0. The average Bonchev–Trinajstić information content (AvgIpc) is 3.05. The number of Topliss-reactive ketones (excluding diaryl/α,β-unsaturated/α-hetero) is 1. The van der Waals surface area contributed by atoms with E-state index in [0.29, 0.717) is 11.6 Å². The molecular weight excluding hydrogens is 296 g/mol. The van der Waals surface area contributed by atoms with E-state index in [1.807, 2.05) is 19.1 Å². The largest absolute Gasteiger partial charge is 0.478 e. The number of esters is 1. The lowest BCUT2D eigenvalue weighted by atomic mass is 9.93. The molecule has 0 spiro atoms. The van der Waals surface area contributed by atoms with Crippen LogP contribution < -0.4 is 0 Å². The van der Waals surface area contributed by atoms with Crippen LogP contribution in [0.25, 0.3) is 0 Å². The lowest BCUT2D eigenvalue weighted by Gasteiger charge is -2.20. The fraction of sp³-hybridized carbons (Fsp3) is 0.389. The quantitative estimate of drug-likeness (QED) is 0.644. The molecule has 0 saturated heterocycles. The van der Waals surface area contributed by atoms with Crippen LogP contribution in [0.1, 0.15) is 42.9 Å². The minimum absolute atomic E-state index is 0.0995. The molecule has 1 atom stereocenters. The molecule has 0 amide bonds. The first-order valence-corrected chi connectivity index (χ1v) is 7.69. The molecule has 0 aliphatic heterocycles. The van der Waals surface area contributed by atoms with E-state index in [4.69, 9.17) is 9.84 Å². The van der Waals surface area contributed by atoms with Crippen molar-refractivity contribution in [2.75, 3.05) is 0 Å². The van der Waals surface area contributed by atoms with Crippen molar-refractivity contribution in [1.29, 1.82) is 0 Å². The summed E-state index contributed by atoms with van der Waals surface area (Å²) in [6, 6.07) is 7.23. The third-order valence-electron chi connectivity index (χ3n) is 3.99. The van der Waals surface area contributed by atoms with Crippen molar-refractivity contribution in [3.63, 3.8) is 0 Å². The molecule has 1 fully saturated rings. The minimum atomic E-state index is -1.24. The summed E-state index contributed by atoms with van der Waals surface area (Å²) in [4.78, 5) is 35.0. The van der Waals surface area contributed by atoms with Crippen molar-refractivity contribution in [3.05, 3.63) is 47.5 Å². The number of carboxylic acid groups (broad SMARTS) is 1. The molecule has 0 heterocycles. The molecule has 1 N–H and O–H groups in total. The molecule has 1 aliphatic rings. The van der Waals surface area contributed by atoms with Crippen molar-refractivity contribution < 1.29 is 24.2 Å². The Morgan fingerprint density at radius 1 is 1.13 bits per heavy atom. The zero-order chi connectivity index (χ0) is 16.8. The summed E-state index contributed by atoms with van der Waals surface area (Å²) >= 11 is 0.